The van der Waals surface area contributed by atoms with Crippen LogP contribution in [0.25, 0.3) is 0 Å². The smallest absolute Gasteiger partial charge is 0.336 e. The molecule has 19 heavy (non-hydrogen) atoms. The summed E-state index contributed by atoms with van der Waals surface area (Å²) in [6.45, 7) is 0. The Kier molecular flexibility index (Phi) is 4.44. The van der Waals surface area contributed by atoms with E-state index in [1.54, 1.807) is 30.6 Å². The van der Waals surface area contributed by atoms with Gasteiger partial charge in [-0.3, -0.25) is 9.19 Å². The number of halogens is 1. The van der Waals surface area contributed by atoms with Gasteiger partial charge in [0.25, 0.3) is 0 Å². The van der Waals surface area contributed by atoms with Crippen molar-refractivity contribution in [2.75, 3.05) is 0 Å². The maximum Gasteiger partial charge on any atom is 0.336 e. The molecule has 0 aliphatic heterocycles. The number of carboxylic acid groups (broad SMARTS) is 1. The fraction of sp³-hybridized carbons (Fsp3) is 0.0769. The zero-order valence-corrected chi connectivity index (χ0v) is 12.1. The van der Waals surface area contributed by atoms with Crippen LogP contribution in [0.2, 0.25) is 0 Å². The average molecular weight is 340 g/mol. The molecule has 6 heteroatoms. The molecule has 2 rings (SSSR count). The summed E-state index contributed by atoms with van der Waals surface area (Å²) in [5, 5.41) is 9.11. The molecule has 0 aliphatic rings. The van der Waals surface area contributed by atoms with Crippen LogP contribution in [0.4, 0.5) is 0 Å². The first kappa shape index (κ1) is 13.9. The zero-order chi connectivity index (χ0) is 13.8. The fourth-order valence-electron chi connectivity index (χ4n) is 1.57. The second-order valence-electron chi connectivity index (χ2n) is 3.80. The lowest BCUT2D eigenvalue weighted by molar-refractivity contribution is 0.0693. The zero-order valence-electron chi connectivity index (χ0n) is 9.75. The highest BCUT2D eigenvalue weighted by Gasteiger charge is 2.16. The van der Waals surface area contributed by atoms with Crippen LogP contribution in [0.3, 0.4) is 0 Å². The highest BCUT2D eigenvalue weighted by atomic mass is 79.9. The van der Waals surface area contributed by atoms with E-state index < -0.39 is 16.8 Å². The number of pyridine rings is 1. The lowest BCUT2D eigenvalue weighted by Gasteiger charge is -2.07. The van der Waals surface area contributed by atoms with E-state index in [9.17, 15) is 9.00 Å². The number of hydrogen-bond donors (Lipinski definition) is 1. The van der Waals surface area contributed by atoms with Gasteiger partial charge in [0.15, 0.2) is 0 Å². The first-order valence-corrected chi connectivity index (χ1v) is 7.49. The van der Waals surface area contributed by atoms with Crippen molar-refractivity contribution in [2.24, 2.45) is 0 Å². The molecule has 0 spiro atoms. The average Bonchev–Trinajstić information content (AvgIpc) is 2.39. The molecular formula is C13H10BrNO3S. The summed E-state index contributed by atoms with van der Waals surface area (Å²) in [7, 11) is -1.43. The lowest BCUT2D eigenvalue weighted by atomic mass is 10.2. The second kappa shape index (κ2) is 6.08. The largest absolute Gasteiger partial charge is 0.478 e. The number of carbonyl (C=O) groups is 1. The third-order valence-electron chi connectivity index (χ3n) is 2.44. The van der Waals surface area contributed by atoms with Gasteiger partial charge in [0.1, 0.15) is 0 Å². The van der Waals surface area contributed by atoms with Crippen LogP contribution in [0.1, 0.15) is 15.9 Å². The van der Waals surface area contributed by atoms with Gasteiger partial charge in [-0.25, -0.2) is 4.79 Å². The third-order valence-corrected chi connectivity index (χ3v) is 4.36. The van der Waals surface area contributed by atoms with Crippen molar-refractivity contribution in [3.05, 3.63) is 58.3 Å². The van der Waals surface area contributed by atoms with E-state index in [1.807, 2.05) is 6.07 Å². The van der Waals surface area contributed by atoms with Crippen molar-refractivity contribution in [1.29, 1.82) is 0 Å². The van der Waals surface area contributed by atoms with Crippen molar-refractivity contribution in [3.8, 4) is 0 Å². The fourth-order valence-corrected chi connectivity index (χ4v) is 3.37. The molecule has 1 N–H and O–H groups in total. The van der Waals surface area contributed by atoms with Crippen molar-refractivity contribution in [3.63, 3.8) is 0 Å². The van der Waals surface area contributed by atoms with E-state index in [4.69, 9.17) is 5.11 Å². The third kappa shape index (κ3) is 3.48. The second-order valence-corrected chi connectivity index (χ2v) is 6.13. The molecule has 4 nitrogen and oxygen atoms in total. The number of hydrogen-bond acceptors (Lipinski definition) is 3. The Bertz CT molecular complexity index is 631. The summed E-state index contributed by atoms with van der Waals surface area (Å²) >= 11 is 3.26. The quantitative estimate of drug-likeness (QED) is 0.929. The molecule has 2 aromatic rings. The molecule has 1 heterocycles. The molecule has 0 fully saturated rings. The molecule has 0 amide bonds. The Morgan fingerprint density at radius 1 is 1.37 bits per heavy atom. The number of rotatable bonds is 4. The Morgan fingerprint density at radius 3 is 2.79 bits per heavy atom. The van der Waals surface area contributed by atoms with E-state index in [1.165, 1.54) is 6.07 Å². The van der Waals surface area contributed by atoms with Crippen molar-refractivity contribution < 1.29 is 14.1 Å². The minimum Gasteiger partial charge on any atom is -0.478 e. The molecule has 1 aromatic carbocycles. The van der Waals surface area contributed by atoms with E-state index in [2.05, 4.69) is 20.9 Å². The minimum absolute atomic E-state index is 0.0606. The molecule has 0 saturated carbocycles. The maximum absolute atomic E-state index is 12.3. The van der Waals surface area contributed by atoms with Gasteiger partial charge in [0, 0.05) is 16.9 Å². The topological polar surface area (TPSA) is 67.3 Å². The minimum atomic E-state index is -1.43. The molecular weight excluding hydrogens is 330 g/mol. The van der Waals surface area contributed by atoms with Crippen LogP contribution in [0, 0.1) is 0 Å². The van der Waals surface area contributed by atoms with Crippen molar-refractivity contribution >= 4 is 32.7 Å². The van der Waals surface area contributed by atoms with Crippen molar-refractivity contribution in [2.45, 2.75) is 10.6 Å². The normalized spacial score (nSPS) is 12.1. The Labute approximate surface area is 121 Å². The van der Waals surface area contributed by atoms with Gasteiger partial charge in [0.2, 0.25) is 0 Å². The molecule has 1 atom stereocenters. The number of benzene rings is 1. The van der Waals surface area contributed by atoms with Crippen molar-refractivity contribution in [1.82, 2.24) is 4.98 Å². The van der Waals surface area contributed by atoms with Gasteiger partial charge in [0.05, 0.1) is 27.0 Å². The summed E-state index contributed by atoms with van der Waals surface area (Å²) in [5.74, 6) is -0.841. The molecule has 0 bridgehead atoms. The van der Waals surface area contributed by atoms with E-state index in [-0.39, 0.29) is 11.3 Å². The van der Waals surface area contributed by atoms with Crippen LogP contribution in [-0.2, 0) is 16.6 Å². The standard InChI is InChI=1S/C13H10BrNO3S/c14-10-3-4-11(13(16)17)12(6-10)19(18)8-9-2-1-5-15-7-9/h1-7H,8H2,(H,16,17). The number of nitrogens with zero attached hydrogens (tertiary/aromatic N) is 1. The molecule has 98 valence electrons. The summed E-state index contributed by atoms with van der Waals surface area (Å²) in [5.41, 5.74) is 0.863. The maximum atomic E-state index is 12.3. The summed E-state index contributed by atoms with van der Waals surface area (Å²) < 4.78 is 13.0. The van der Waals surface area contributed by atoms with Gasteiger partial charge in [-0.1, -0.05) is 22.0 Å². The van der Waals surface area contributed by atoms with Crippen LogP contribution >= 0.6 is 15.9 Å². The van der Waals surface area contributed by atoms with Gasteiger partial charge >= 0.3 is 5.97 Å². The van der Waals surface area contributed by atoms with Gasteiger partial charge in [-0.15, -0.1) is 0 Å². The summed E-state index contributed by atoms with van der Waals surface area (Å²) in [6, 6.07) is 8.21. The predicted octanol–water partition coefficient (Wildman–Crippen LogP) is 2.85. The van der Waals surface area contributed by atoms with E-state index in [0.29, 0.717) is 9.37 Å². The lowest BCUT2D eigenvalue weighted by Crippen LogP contribution is -2.06. The van der Waals surface area contributed by atoms with E-state index >= 15 is 0 Å². The highest BCUT2D eigenvalue weighted by Crippen LogP contribution is 2.22. The highest BCUT2D eigenvalue weighted by molar-refractivity contribution is 9.10. The van der Waals surface area contributed by atoms with Gasteiger partial charge in [-0.05, 0) is 29.8 Å². The Balaban J connectivity index is 2.33. The first-order valence-electron chi connectivity index (χ1n) is 5.38. The van der Waals surface area contributed by atoms with Crippen LogP contribution in [0.5, 0.6) is 0 Å². The van der Waals surface area contributed by atoms with Crippen LogP contribution < -0.4 is 0 Å². The summed E-state index contributed by atoms with van der Waals surface area (Å²) in [4.78, 5) is 15.4. The van der Waals surface area contributed by atoms with Crippen LogP contribution in [-0.4, -0.2) is 20.3 Å². The molecule has 0 aliphatic carbocycles. The Hall–Kier alpha value is -1.53. The molecule has 0 saturated heterocycles. The SMILES string of the molecule is O=C(O)c1ccc(Br)cc1S(=O)Cc1cccnc1. The first-order chi connectivity index (χ1) is 9.08. The van der Waals surface area contributed by atoms with Gasteiger partial charge in [-0.2, -0.15) is 0 Å². The monoisotopic (exact) mass is 339 g/mol. The van der Waals surface area contributed by atoms with E-state index in [0.717, 1.165) is 5.56 Å². The predicted molar refractivity (Wildman–Crippen MR) is 75.5 cm³/mol. The molecule has 1 aromatic heterocycles. The number of aromatic nitrogens is 1. The number of aromatic carboxylic acids is 1. The molecule has 1 unspecified atom stereocenters. The molecule has 0 radical (unpaired) electrons. The summed E-state index contributed by atoms with van der Waals surface area (Å²) in [6.07, 6.45) is 3.25. The Morgan fingerprint density at radius 2 is 2.16 bits per heavy atom. The number of carboxylic acids is 1. The van der Waals surface area contributed by atoms with Gasteiger partial charge < -0.3 is 5.11 Å². The van der Waals surface area contributed by atoms with Crippen LogP contribution in [0.15, 0.2) is 52.1 Å².